The number of hydrogen-bond donors (Lipinski definition) is 2. The molecule has 3 heterocycles. The van der Waals surface area contributed by atoms with Crippen molar-refractivity contribution < 1.29 is 4.79 Å². The minimum atomic E-state index is -0.0102. The lowest BCUT2D eigenvalue weighted by atomic mass is 10.2. The third-order valence-corrected chi connectivity index (χ3v) is 7.45. The molecule has 0 saturated carbocycles. The number of amides is 1. The summed E-state index contributed by atoms with van der Waals surface area (Å²) in [6.07, 6.45) is 5.80. The van der Waals surface area contributed by atoms with Crippen molar-refractivity contribution in [3.8, 4) is 0 Å². The average Bonchev–Trinajstić information content (AvgIpc) is 3.32. The standard InChI is InChI=1S/C18H24N4O2S2/c19-9-11-3-2-7-22(11)15(23)6-8-25-10-14-20-17(24)16-12-4-1-5-13(12)26-18(16)21-14/h11H,1-10,19H2,(H,20,21,24). The minimum Gasteiger partial charge on any atom is -0.338 e. The Morgan fingerprint density at radius 2 is 2.27 bits per heavy atom. The molecule has 0 bridgehead atoms. The predicted molar refractivity (Wildman–Crippen MR) is 107 cm³/mol. The number of aryl methyl sites for hydroxylation is 2. The Morgan fingerprint density at radius 1 is 1.38 bits per heavy atom. The maximum atomic E-state index is 12.4. The number of aromatic amines is 1. The van der Waals surface area contributed by atoms with Crippen LogP contribution >= 0.6 is 23.1 Å². The first kappa shape index (κ1) is 18.0. The molecule has 6 nitrogen and oxygen atoms in total. The van der Waals surface area contributed by atoms with Gasteiger partial charge in [0.25, 0.3) is 5.56 Å². The molecule has 1 aliphatic heterocycles. The summed E-state index contributed by atoms with van der Waals surface area (Å²) in [5.74, 6) is 2.26. The van der Waals surface area contributed by atoms with E-state index in [1.165, 1.54) is 10.4 Å². The van der Waals surface area contributed by atoms with Gasteiger partial charge in [-0.1, -0.05) is 0 Å². The molecule has 0 radical (unpaired) electrons. The van der Waals surface area contributed by atoms with Crippen LogP contribution in [0.5, 0.6) is 0 Å². The lowest BCUT2D eigenvalue weighted by Crippen LogP contribution is -2.40. The molecule has 26 heavy (non-hydrogen) atoms. The summed E-state index contributed by atoms with van der Waals surface area (Å²) >= 11 is 3.31. The van der Waals surface area contributed by atoms with Gasteiger partial charge in [-0.25, -0.2) is 4.98 Å². The second-order valence-electron chi connectivity index (χ2n) is 6.97. The molecule has 8 heteroatoms. The van der Waals surface area contributed by atoms with E-state index in [4.69, 9.17) is 5.73 Å². The summed E-state index contributed by atoms with van der Waals surface area (Å²) in [5, 5.41) is 0.799. The number of carbonyl (C=O) groups is 1. The van der Waals surface area contributed by atoms with Crippen LogP contribution in [0.1, 0.15) is 41.9 Å². The van der Waals surface area contributed by atoms with Gasteiger partial charge >= 0.3 is 0 Å². The highest BCUT2D eigenvalue weighted by atomic mass is 32.2. The van der Waals surface area contributed by atoms with Gasteiger partial charge in [0.15, 0.2) is 0 Å². The number of likely N-dealkylation sites (tertiary alicyclic amines) is 1. The van der Waals surface area contributed by atoms with Crippen LogP contribution in [0.15, 0.2) is 4.79 Å². The van der Waals surface area contributed by atoms with Gasteiger partial charge in [0, 0.05) is 36.2 Å². The number of thioether (sulfide) groups is 1. The van der Waals surface area contributed by atoms with Gasteiger partial charge in [-0.15, -0.1) is 11.3 Å². The molecule has 140 valence electrons. The zero-order chi connectivity index (χ0) is 18.1. The van der Waals surface area contributed by atoms with Crippen molar-refractivity contribution in [2.75, 3.05) is 18.8 Å². The summed E-state index contributed by atoms with van der Waals surface area (Å²) in [6.45, 7) is 1.38. The number of fused-ring (bicyclic) bond motifs is 3. The first-order valence-corrected chi connectivity index (χ1v) is 11.2. The molecule has 2 aliphatic rings. The Kier molecular flexibility index (Phi) is 5.33. The largest absolute Gasteiger partial charge is 0.338 e. The molecule has 2 aromatic rings. The summed E-state index contributed by atoms with van der Waals surface area (Å²) < 4.78 is 0. The van der Waals surface area contributed by atoms with E-state index >= 15 is 0 Å². The van der Waals surface area contributed by atoms with Crippen LogP contribution in [0.3, 0.4) is 0 Å². The molecule has 1 unspecified atom stereocenters. The summed E-state index contributed by atoms with van der Waals surface area (Å²) in [5.41, 5.74) is 6.94. The van der Waals surface area contributed by atoms with E-state index in [0.717, 1.165) is 54.6 Å². The topological polar surface area (TPSA) is 92.1 Å². The van der Waals surface area contributed by atoms with Gasteiger partial charge in [0.1, 0.15) is 10.7 Å². The molecule has 0 aromatic carbocycles. The number of rotatable bonds is 6. The van der Waals surface area contributed by atoms with Gasteiger partial charge in [-0.05, 0) is 37.7 Å². The molecular formula is C18H24N4O2S2. The Hall–Kier alpha value is -1.38. The predicted octanol–water partition coefficient (Wildman–Crippen LogP) is 2.05. The lowest BCUT2D eigenvalue weighted by Gasteiger charge is -2.23. The fraction of sp³-hybridized carbons (Fsp3) is 0.611. The van der Waals surface area contributed by atoms with E-state index in [9.17, 15) is 9.59 Å². The fourth-order valence-electron chi connectivity index (χ4n) is 4.00. The van der Waals surface area contributed by atoms with E-state index in [1.807, 2.05) is 4.90 Å². The van der Waals surface area contributed by atoms with Crippen molar-refractivity contribution in [3.63, 3.8) is 0 Å². The number of H-pyrrole nitrogens is 1. The number of nitrogens with one attached hydrogen (secondary N) is 1. The Morgan fingerprint density at radius 3 is 3.12 bits per heavy atom. The van der Waals surface area contributed by atoms with Crippen LogP contribution < -0.4 is 11.3 Å². The highest BCUT2D eigenvalue weighted by Crippen LogP contribution is 2.34. The van der Waals surface area contributed by atoms with Crippen LogP contribution in [0.2, 0.25) is 0 Å². The Balaban J connectivity index is 1.34. The van der Waals surface area contributed by atoms with Crippen LogP contribution in [0.25, 0.3) is 10.2 Å². The number of carbonyl (C=O) groups excluding carboxylic acids is 1. The second kappa shape index (κ2) is 7.70. The normalized spacial score (nSPS) is 19.4. The quantitative estimate of drug-likeness (QED) is 0.734. The van der Waals surface area contributed by atoms with Gasteiger partial charge in [0.05, 0.1) is 11.1 Å². The monoisotopic (exact) mass is 392 g/mol. The van der Waals surface area contributed by atoms with E-state index in [2.05, 4.69) is 9.97 Å². The van der Waals surface area contributed by atoms with E-state index < -0.39 is 0 Å². The van der Waals surface area contributed by atoms with Crippen molar-refractivity contribution in [2.24, 2.45) is 5.73 Å². The van der Waals surface area contributed by atoms with Gasteiger partial charge < -0.3 is 15.6 Å². The zero-order valence-electron chi connectivity index (χ0n) is 14.8. The summed E-state index contributed by atoms with van der Waals surface area (Å²) in [7, 11) is 0. The smallest absolute Gasteiger partial charge is 0.259 e. The maximum absolute atomic E-state index is 12.4. The van der Waals surface area contributed by atoms with Gasteiger partial charge in [0.2, 0.25) is 5.91 Å². The van der Waals surface area contributed by atoms with Crippen LogP contribution in [-0.4, -0.2) is 45.7 Å². The maximum Gasteiger partial charge on any atom is 0.259 e. The van der Waals surface area contributed by atoms with Crippen LogP contribution in [-0.2, 0) is 23.4 Å². The molecule has 1 saturated heterocycles. The number of nitrogens with two attached hydrogens (primary N) is 1. The third-order valence-electron chi connectivity index (χ3n) is 5.29. The Bertz CT molecular complexity index is 876. The average molecular weight is 393 g/mol. The second-order valence-corrected chi connectivity index (χ2v) is 9.16. The van der Waals surface area contributed by atoms with E-state index in [1.54, 1.807) is 23.1 Å². The molecule has 1 atom stereocenters. The minimum absolute atomic E-state index is 0.0102. The molecule has 1 fully saturated rings. The molecule has 4 rings (SSSR count). The molecule has 0 spiro atoms. The number of aromatic nitrogens is 2. The fourth-order valence-corrected chi connectivity index (χ4v) is 6.07. The first-order valence-electron chi connectivity index (χ1n) is 9.28. The zero-order valence-corrected chi connectivity index (χ0v) is 16.4. The van der Waals surface area contributed by atoms with Gasteiger partial charge in [-0.2, -0.15) is 11.8 Å². The van der Waals surface area contributed by atoms with Crippen molar-refractivity contribution in [2.45, 2.75) is 50.3 Å². The van der Waals surface area contributed by atoms with Crippen molar-refractivity contribution in [1.82, 2.24) is 14.9 Å². The Labute approximate surface area is 160 Å². The van der Waals surface area contributed by atoms with E-state index in [0.29, 0.717) is 24.5 Å². The molecule has 1 amide bonds. The highest BCUT2D eigenvalue weighted by molar-refractivity contribution is 7.98. The summed E-state index contributed by atoms with van der Waals surface area (Å²) in [4.78, 5) is 36.5. The van der Waals surface area contributed by atoms with Crippen LogP contribution in [0, 0.1) is 0 Å². The molecule has 2 aromatic heterocycles. The SMILES string of the molecule is NCC1CCCN1C(=O)CCSCc1nc2sc3c(c2c(=O)[nH]1)CCC3. The number of thiophene rings is 1. The van der Waals surface area contributed by atoms with Crippen molar-refractivity contribution in [3.05, 3.63) is 26.6 Å². The van der Waals surface area contributed by atoms with Gasteiger partial charge in [-0.3, -0.25) is 9.59 Å². The van der Waals surface area contributed by atoms with Crippen molar-refractivity contribution >= 4 is 39.2 Å². The molecular weight excluding hydrogens is 368 g/mol. The number of hydrogen-bond acceptors (Lipinski definition) is 6. The van der Waals surface area contributed by atoms with E-state index in [-0.39, 0.29) is 17.5 Å². The number of nitrogens with zero attached hydrogens (tertiary/aromatic N) is 2. The van der Waals surface area contributed by atoms with Crippen LogP contribution in [0.4, 0.5) is 0 Å². The summed E-state index contributed by atoms with van der Waals surface area (Å²) in [6, 6.07) is 0.216. The third kappa shape index (κ3) is 3.42. The molecule has 3 N–H and O–H groups in total. The highest BCUT2D eigenvalue weighted by Gasteiger charge is 2.27. The molecule has 1 aliphatic carbocycles. The van der Waals surface area contributed by atoms with Crippen molar-refractivity contribution in [1.29, 1.82) is 0 Å². The lowest BCUT2D eigenvalue weighted by molar-refractivity contribution is -0.131. The first-order chi connectivity index (χ1) is 12.7.